The molecule has 1 fully saturated rings. The van der Waals surface area contributed by atoms with Gasteiger partial charge in [-0.3, -0.25) is 0 Å². The zero-order chi connectivity index (χ0) is 11.1. The number of methoxy groups -OCH3 is 1. The van der Waals surface area contributed by atoms with E-state index < -0.39 is 0 Å². The maximum absolute atomic E-state index is 5.87. The Labute approximate surface area is 98.9 Å². The van der Waals surface area contributed by atoms with Crippen LogP contribution in [0.4, 0.5) is 0 Å². The topological polar surface area (TPSA) is 35.2 Å². The van der Waals surface area contributed by atoms with Gasteiger partial charge in [-0.15, -0.1) is 0 Å². The Morgan fingerprint density at radius 1 is 1.47 bits per heavy atom. The van der Waals surface area contributed by atoms with E-state index in [0.29, 0.717) is 6.54 Å². The van der Waals surface area contributed by atoms with Crippen molar-refractivity contribution in [3.8, 4) is 5.75 Å². The van der Waals surface area contributed by atoms with Crippen LogP contribution >= 0.6 is 15.9 Å². The summed E-state index contributed by atoms with van der Waals surface area (Å²) < 4.78 is 6.58. The van der Waals surface area contributed by atoms with Crippen molar-refractivity contribution in [1.82, 2.24) is 0 Å². The van der Waals surface area contributed by atoms with E-state index in [4.69, 9.17) is 10.5 Å². The van der Waals surface area contributed by atoms with Gasteiger partial charge in [0.25, 0.3) is 0 Å². The largest absolute Gasteiger partial charge is 0.496 e. The van der Waals surface area contributed by atoms with Crippen molar-refractivity contribution < 1.29 is 4.74 Å². The lowest BCUT2D eigenvalue weighted by Crippen LogP contribution is -2.21. The van der Waals surface area contributed by atoms with E-state index in [2.05, 4.69) is 28.9 Å². The quantitative estimate of drug-likeness (QED) is 0.916. The Morgan fingerprint density at radius 3 is 2.60 bits per heavy atom. The zero-order valence-corrected chi connectivity index (χ0v) is 10.7. The fourth-order valence-electron chi connectivity index (χ4n) is 2.03. The molecular weight excluding hydrogens is 254 g/mol. The third-order valence-corrected chi connectivity index (χ3v) is 4.31. The fourth-order valence-corrected chi connectivity index (χ4v) is 2.78. The summed E-state index contributed by atoms with van der Waals surface area (Å²) in [5, 5.41) is 0. The number of hydrogen-bond acceptors (Lipinski definition) is 2. The number of rotatable bonds is 3. The minimum Gasteiger partial charge on any atom is -0.496 e. The Bertz CT molecular complexity index is 385. The van der Waals surface area contributed by atoms with Gasteiger partial charge < -0.3 is 10.5 Å². The molecule has 3 heteroatoms. The van der Waals surface area contributed by atoms with E-state index in [9.17, 15) is 0 Å². The molecule has 1 aromatic rings. The lowest BCUT2D eigenvalue weighted by molar-refractivity contribution is 0.403. The third-order valence-electron chi connectivity index (χ3n) is 3.29. The van der Waals surface area contributed by atoms with Gasteiger partial charge in [0.1, 0.15) is 5.75 Å². The summed E-state index contributed by atoms with van der Waals surface area (Å²) in [6.07, 6.45) is 2.34. The van der Waals surface area contributed by atoms with E-state index in [1.165, 1.54) is 24.0 Å². The average molecular weight is 270 g/mol. The molecule has 82 valence electrons. The Balaban J connectivity index is 2.57. The molecular formula is C12H16BrNO. The molecule has 15 heavy (non-hydrogen) atoms. The fraction of sp³-hybridized carbons (Fsp3) is 0.500. The summed E-state index contributed by atoms with van der Waals surface area (Å²) in [5.74, 6) is 0.954. The van der Waals surface area contributed by atoms with Gasteiger partial charge in [-0.1, -0.05) is 22.0 Å². The van der Waals surface area contributed by atoms with Gasteiger partial charge in [-0.25, -0.2) is 0 Å². The first kappa shape index (κ1) is 11.0. The SMILES string of the molecule is COc1ccc(C)c(Br)c1C1(CN)CC1. The third kappa shape index (κ3) is 1.68. The summed E-state index contributed by atoms with van der Waals surface area (Å²) >= 11 is 3.65. The highest BCUT2D eigenvalue weighted by molar-refractivity contribution is 9.10. The Kier molecular flexibility index (Phi) is 2.77. The molecule has 0 aromatic heterocycles. The van der Waals surface area contributed by atoms with Crippen LogP contribution in [0.25, 0.3) is 0 Å². The van der Waals surface area contributed by atoms with Crippen molar-refractivity contribution in [2.75, 3.05) is 13.7 Å². The van der Waals surface area contributed by atoms with Crippen molar-refractivity contribution in [3.05, 3.63) is 27.7 Å². The van der Waals surface area contributed by atoms with Gasteiger partial charge in [0, 0.05) is 22.0 Å². The van der Waals surface area contributed by atoms with Gasteiger partial charge in [-0.05, 0) is 31.4 Å². The number of benzene rings is 1. The molecule has 0 bridgehead atoms. The summed E-state index contributed by atoms with van der Waals surface area (Å²) in [7, 11) is 1.72. The van der Waals surface area contributed by atoms with Crippen LogP contribution in [0, 0.1) is 6.92 Å². The molecule has 0 aliphatic heterocycles. The van der Waals surface area contributed by atoms with Crippen LogP contribution < -0.4 is 10.5 Å². The molecule has 2 nitrogen and oxygen atoms in total. The maximum Gasteiger partial charge on any atom is 0.123 e. The normalized spacial score (nSPS) is 17.6. The number of aryl methyl sites for hydroxylation is 1. The van der Waals surface area contributed by atoms with Crippen molar-refractivity contribution in [2.24, 2.45) is 5.73 Å². The molecule has 0 unspecified atom stereocenters. The van der Waals surface area contributed by atoms with Gasteiger partial charge in [-0.2, -0.15) is 0 Å². The first-order valence-corrected chi connectivity index (χ1v) is 5.97. The van der Waals surface area contributed by atoms with Gasteiger partial charge >= 0.3 is 0 Å². The second-order valence-corrected chi connectivity index (χ2v) is 5.05. The maximum atomic E-state index is 5.87. The molecule has 0 atom stereocenters. The Hall–Kier alpha value is -0.540. The summed E-state index contributed by atoms with van der Waals surface area (Å²) in [6, 6.07) is 4.10. The van der Waals surface area contributed by atoms with Crippen LogP contribution in [0.3, 0.4) is 0 Å². The molecule has 1 aliphatic carbocycles. The molecule has 1 saturated carbocycles. The number of halogens is 1. The molecule has 1 aliphatic rings. The van der Waals surface area contributed by atoms with E-state index in [0.717, 1.165) is 10.2 Å². The predicted octanol–water partition coefficient (Wildman–Crippen LogP) is 2.76. The second-order valence-electron chi connectivity index (χ2n) is 4.26. The molecule has 0 saturated heterocycles. The number of hydrogen-bond donors (Lipinski definition) is 1. The average Bonchev–Trinajstić information content (AvgIpc) is 3.02. The summed E-state index contributed by atoms with van der Waals surface area (Å²) in [4.78, 5) is 0. The van der Waals surface area contributed by atoms with Crippen LogP contribution in [-0.4, -0.2) is 13.7 Å². The first-order valence-electron chi connectivity index (χ1n) is 5.18. The highest BCUT2D eigenvalue weighted by atomic mass is 79.9. The number of ether oxygens (including phenoxy) is 1. The zero-order valence-electron chi connectivity index (χ0n) is 9.14. The van der Waals surface area contributed by atoms with Crippen LogP contribution in [0.2, 0.25) is 0 Å². The van der Waals surface area contributed by atoms with Crippen LogP contribution in [-0.2, 0) is 5.41 Å². The highest BCUT2D eigenvalue weighted by Gasteiger charge is 2.46. The minimum atomic E-state index is 0.163. The molecule has 1 aromatic carbocycles. The summed E-state index contributed by atoms with van der Waals surface area (Å²) in [5.41, 5.74) is 8.53. The van der Waals surface area contributed by atoms with Crippen molar-refractivity contribution in [2.45, 2.75) is 25.2 Å². The van der Waals surface area contributed by atoms with E-state index in [1.54, 1.807) is 7.11 Å². The highest BCUT2D eigenvalue weighted by Crippen LogP contribution is 2.53. The molecule has 0 amide bonds. The molecule has 2 N–H and O–H groups in total. The number of nitrogens with two attached hydrogens (primary N) is 1. The van der Waals surface area contributed by atoms with E-state index in [-0.39, 0.29) is 5.41 Å². The molecule has 0 radical (unpaired) electrons. The van der Waals surface area contributed by atoms with E-state index in [1.807, 2.05) is 6.07 Å². The van der Waals surface area contributed by atoms with Crippen molar-refractivity contribution >= 4 is 15.9 Å². The van der Waals surface area contributed by atoms with Crippen LogP contribution in [0.1, 0.15) is 24.0 Å². The van der Waals surface area contributed by atoms with Gasteiger partial charge in [0.05, 0.1) is 7.11 Å². The minimum absolute atomic E-state index is 0.163. The summed E-state index contributed by atoms with van der Waals surface area (Å²) in [6.45, 7) is 2.80. The Morgan fingerprint density at radius 2 is 2.13 bits per heavy atom. The molecule has 0 heterocycles. The molecule has 0 spiro atoms. The smallest absolute Gasteiger partial charge is 0.123 e. The van der Waals surface area contributed by atoms with Gasteiger partial charge in [0.2, 0.25) is 0 Å². The monoisotopic (exact) mass is 269 g/mol. The molecule has 2 rings (SSSR count). The first-order chi connectivity index (χ1) is 7.14. The predicted molar refractivity (Wildman–Crippen MR) is 65.4 cm³/mol. The van der Waals surface area contributed by atoms with Gasteiger partial charge in [0.15, 0.2) is 0 Å². The van der Waals surface area contributed by atoms with Crippen molar-refractivity contribution in [1.29, 1.82) is 0 Å². The lowest BCUT2D eigenvalue weighted by Gasteiger charge is -2.20. The van der Waals surface area contributed by atoms with Crippen LogP contribution in [0.5, 0.6) is 5.75 Å². The lowest BCUT2D eigenvalue weighted by atomic mass is 9.93. The standard InChI is InChI=1S/C12H16BrNO/c1-8-3-4-9(15-2)10(11(8)13)12(7-14)5-6-12/h3-4H,5-7,14H2,1-2H3. The second kappa shape index (κ2) is 3.80. The van der Waals surface area contributed by atoms with E-state index >= 15 is 0 Å². The van der Waals surface area contributed by atoms with Crippen LogP contribution in [0.15, 0.2) is 16.6 Å². The van der Waals surface area contributed by atoms with Crippen molar-refractivity contribution in [3.63, 3.8) is 0 Å².